The molecule has 0 aliphatic carbocycles. The maximum absolute atomic E-state index is 11.4. The predicted molar refractivity (Wildman–Crippen MR) is 161 cm³/mol. The fraction of sp³-hybridized carbons (Fsp3) is 0.258. The zero-order valence-electron chi connectivity index (χ0n) is 23.6. The molecule has 0 bridgehead atoms. The van der Waals surface area contributed by atoms with Crippen LogP contribution in [0.5, 0.6) is 0 Å². The van der Waals surface area contributed by atoms with E-state index >= 15 is 0 Å². The number of anilines is 2. The van der Waals surface area contributed by atoms with E-state index in [1.54, 1.807) is 24.5 Å². The number of hydrogen-bond donors (Lipinski definition) is 2. The highest BCUT2D eigenvalue weighted by Crippen LogP contribution is 2.31. The predicted octanol–water partition coefficient (Wildman–Crippen LogP) is 3.87. The van der Waals surface area contributed by atoms with E-state index in [-0.39, 0.29) is 18.4 Å². The molecule has 1 fully saturated rings. The highest BCUT2D eigenvalue weighted by Gasteiger charge is 2.21. The molecule has 1 saturated heterocycles. The number of nitrogens with zero attached hydrogens (tertiary/aromatic N) is 8. The average molecular weight is 575 g/mol. The topological polar surface area (TPSA) is 161 Å². The van der Waals surface area contributed by atoms with Crippen molar-refractivity contribution in [3.05, 3.63) is 84.1 Å². The highest BCUT2D eigenvalue weighted by atomic mass is 16.5. The van der Waals surface area contributed by atoms with E-state index in [4.69, 9.17) is 25.7 Å². The van der Waals surface area contributed by atoms with Crippen molar-refractivity contribution in [2.45, 2.75) is 39.0 Å². The van der Waals surface area contributed by atoms with Gasteiger partial charge >= 0.3 is 5.97 Å². The molecule has 1 aromatic carbocycles. The first-order valence-electron chi connectivity index (χ1n) is 14.0. The van der Waals surface area contributed by atoms with E-state index in [0.717, 1.165) is 38.2 Å². The molecule has 0 radical (unpaired) electrons. The molecule has 1 aliphatic heterocycles. The van der Waals surface area contributed by atoms with Crippen molar-refractivity contribution in [3.8, 4) is 23.1 Å². The summed E-state index contributed by atoms with van der Waals surface area (Å²) in [5, 5.41) is 12.5. The summed E-state index contributed by atoms with van der Waals surface area (Å²) in [4.78, 5) is 35.9. The van der Waals surface area contributed by atoms with Gasteiger partial charge in [-0.05, 0) is 60.9 Å². The third-order valence-corrected chi connectivity index (χ3v) is 7.36. The Labute approximate surface area is 248 Å². The number of carbonyl (C=O) groups is 1. The summed E-state index contributed by atoms with van der Waals surface area (Å²) in [6, 6.07) is 19.8. The smallest absolute Gasteiger partial charge is 0.303 e. The van der Waals surface area contributed by atoms with Gasteiger partial charge in [-0.1, -0.05) is 12.1 Å². The number of piperidine rings is 1. The summed E-state index contributed by atoms with van der Waals surface area (Å²) in [6.45, 7) is 4.17. The SMILES string of the molecule is CC(=O)OCc1ccc2nc(-c3cccnc3N)n(-c3ccc(CN4CCC(Nc5ccnc(C#N)n5)CC4)cc3)c2n1. The Morgan fingerprint density at radius 2 is 1.86 bits per heavy atom. The van der Waals surface area contributed by atoms with Crippen molar-refractivity contribution in [2.24, 2.45) is 0 Å². The van der Waals surface area contributed by atoms with Gasteiger partial charge < -0.3 is 15.8 Å². The second kappa shape index (κ2) is 12.2. The summed E-state index contributed by atoms with van der Waals surface area (Å²) < 4.78 is 7.14. The standard InChI is InChI=1S/C31H30N10O2/c1-20(42)43-19-23-6-9-26-31(37-23)41(30(38-26)25-3-2-13-35-29(25)33)24-7-4-21(5-8-24)18-40-15-11-22(12-16-40)36-27-10-14-34-28(17-32)39-27/h2-10,13-14,22H,11-12,15-16,18-19H2,1H3,(H2,33,35)(H,34,36,39). The van der Waals surface area contributed by atoms with Crippen LogP contribution in [0.4, 0.5) is 11.6 Å². The molecule has 0 spiro atoms. The lowest BCUT2D eigenvalue weighted by atomic mass is 10.0. The Morgan fingerprint density at radius 3 is 2.60 bits per heavy atom. The van der Waals surface area contributed by atoms with Crippen LogP contribution in [0.2, 0.25) is 0 Å². The molecule has 5 heterocycles. The Hall–Kier alpha value is -5.41. The minimum absolute atomic E-state index is 0.0753. The Morgan fingerprint density at radius 1 is 1.05 bits per heavy atom. The number of likely N-dealkylation sites (tertiary alicyclic amines) is 1. The van der Waals surface area contributed by atoms with Gasteiger partial charge in [-0.3, -0.25) is 14.3 Å². The maximum atomic E-state index is 11.4. The Balaban J connectivity index is 1.20. The number of nitrogens with two attached hydrogens (primary N) is 1. The number of rotatable bonds is 8. The molecule has 0 saturated carbocycles. The van der Waals surface area contributed by atoms with Gasteiger partial charge in [-0.2, -0.15) is 5.26 Å². The van der Waals surface area contributed by atoms with Crippen LogP contribution in [0, 0.1) is 11.3 Å². The fourth-order valence-electron chi connectivity index (χ4n) is 5.23. The van der Waals surface area contributed by atoms with Gasteiger partial charge in [0.15, 0.2) is 11.5 Å². The molecule has 0 unspecified atom stereocenters. The van der Waals surface area contributed by atoms with Gasteiger partial charge in [0, 0.05) is 50.7 Å². The lowest BCUT2D eigenvalue weighted by Gasteiger charge is -2.32. The van der Waals surface area contributed by atoms with Crippen molar-refractivity contribution in [2.75, 3.05) is 24.1 Å². The lowest BCUT2D eigenvalue weighted by Crippen LogP contribution is -2.38. The summed E-state index contributed by atoms with van der Waals surface area (Å²) in [7, 11) is 0. The van der Waals surface area contributed by atoms with Crippen molar-refractivity contribution in [1.82, 2.24) is 34.4 Å². The number of nitrogens with one attached hydrogen (secondary N) is 1. The molecular formula is C31H30N10O2. The Bertz CT molecular complexity index is 1800. The van der Waals surface area contributed by atoms with E-state index in [1.165, 1.54) is 12.5 Å². The first-order valence-corrected chi connectivity index (χ1v) is 14.0. The van der Waals surface area contributed by atoms with E-state index in [9.17, 15) is 4.79 Å². The maximum Gasteiger partial charge on any atom is 0.303 e. The van der Waals surface area contributed by atoms with E-state index < -0.39 is 0 Å². The third-order valence-electron chi connectivity index (χ3n) is 7.36. The first kappa shape index (κ1) is 27.7. The number of esters is 1. The van der Waals surface area contributed by atoms with Gasteiger partial charge in [0.2, 0.25) is 5.82 Å². The second-order valence-corrected chi connectivity index (χ2v) is 10.4. The van der Waals surface area contributed by atoms with Gasteiger partial charge in [-0.15, -0.1) is 0 Å². The third kappa shape index (κ3) is 6.27. The molecule has 5 aromatic rings. The van der Waals surface area contributed by atoms with Crippen LogP contribution >= 0.6 is 0 Å². The van der Waals surface area contributed by atoms with Crippen LogP contribution in [0.25, 0.3) is 28.2 Å². The van der Waals surface area contributed by atoms with Crippen molar-refractivity contribution >= 4 is 28.8 Å². The molecule has 1 aliphatic rings. The molecule has 216 valence electrons. The van der Waals surface area contributed by atoms with Gasteiger partial charge in [0.1, 0.15) is 29.8 Å². The van der Waals surface area contributed by atoms with Crippen LogP contribution in [-0.2, 0) is 22.7 Å². The molecule has 3 N–H and O–H groups in total. The van der Waals surface area contributed by atoms with Crippen LogP contribution in [0.1, 0.15) is 36.8 Å². The van der Waals surface area contributed by atoms with Crippen molar-refractivity contribution in [1.29, 1.82) is 5.26 Å². The average Bonchev–Trinajstić information content (AvgIpc) is 3.40. The zero-order valence-corrected chi connectivity index (χ0v) is 23.6. The lowest BCUT2D eigenvalue weighted by molar-refractivity contribution is -0.142. The molecule has 0 atom stereocenters. The van der Waals surface area contributed by atoms with E-state index in [2.05, 4.69) is 49.4 Å². The van der Waals surface area contributed by atoms with Crippen molar-refractivity contribution < 1.29 is 9.53 Å². The van der Waals surface area contributed by atoms with Gasteiger partial charge in [-0.25, -0.2) is 24.9 Å². The van der Waals surface area contributed by atoms with E-state index in [0.29, 0.717) is 45.9 Å². The van der Waals surface area contributed by atoms with Gasteiger partial charge in [0.25, 0.3) is 0 Å². The molecule has 43 heavy (non-hydrogen) atoms. The molecule has 12 heteroatoms. The number of hydrogen-bond acceptors (Lipinski definition) is 11. The molecule has 12 nitrogen and oxygen atoms in total. The molecule has 6 rings (SSSR count). The number of nitriles is 1. The summed E-state index contributed by atoms with van der Waals surface area (Å²) in [6.07, 6.45) is 5.20. The summed E-state index contributed by atoms with van der Waals surface area (Å²) >= 11 is 0. The number of nitrogen functional groups attached to an aromatic ring is 1. The van der Waals surface area contributed by atoms with E-state index in [1.807, 2.05) is 28.8 Å². The highest BCUT2D eigenvalue weighted by molar-refractivity contribution is 5.82. The van der Waals surface area contributed by atoms with Crippen LogP contribution in [0.15, 0.2) is 67.0 Å². The molecule has 4 aromatic heterocycles. The molecule has 0 amide bonds. The van der Waals surface area contributed by atoms with Crippen molar-refractivity contribution in [3.63, 3.8) is 0 Å². The summed E-state index contributed by atoms with van der Waals surface area (Å²) in [5.41, 5.74) is 11.0. The normalized spacial score (nSPS) is 14.0. The minimum atomic E-state index is -0.366. The first-order chi connectivity index (χ1) is 21.0. The van der Waals surface area contributed by atoms with Gasteiger partial charge in [0.05, 0.1) is 11.3 Å². The number of fused-ring (bicyclic) bond motifs is 1. The van der Waals surface area contributed by atoms with Crippen LogP contribution in [0.3, 0.4) is 0 Å². The number of ether oxygens (including phenoxy) is 1. The van der Waals surface area contributed by atoms with Crippen LogP contribution < -0.4 is 11.1 Å². The number of aromatic nitrogens is 6. The minimum Gasteiger partial charge on any atom is -0.459 e. The Kier molecular flexibility index (Phi) is 7.88. The monoisotopic (exact) mass is 574 g/mol. The fourth-order valence-corrected chi connectivity index (χ4v) is 5.23. The zero-order chi connectivity index (χ0) is 29.8. The quantitative estimate of drug-likeness (QED) is 0.259. The number of carbonyl (C=O) groups excluding carboxylic acids is 1. The van der Waals surface area contributed by atoms with Crippen LogP contribution in [-0.4, -0.2) is 59.5 Å². The number of pyridine rings is 2. The largest absolute Gasteiger partial charge is 0.459 e. The second-order valence-electron chi connectivity index (χ2n) is 10.4. The number of imidazole rings is 1. The molecular weight excluding hydrogens is 544 g/mol. The summed E-state index contributed by atoms with van der Waals surface area (Å²) in [5.74, 6) is 1.50. The number of benzene rings is 1.